The van der Waals surface area contributed by atoms with E-state index in [9.17, 15) is 0 Å². The lowest BCUT2D eigenvalue weighted by Gasteiger charge is -2.22. The summed E-state index contributed by atoms with van der Waals surface area (Å²) < 4.78 is 0. The number of halogens is 1. The Morgan fingerprint density at radius 3 is 2.94 bits per heavy atom. The fraction of sp³-hybridized carbons (Fsp3) is 0.545. The third-order valence-corrected chi connectivity index (χ3v) is 3.42. The van der Waals surface area contributed by atoms with Gasteiger partial charge >= 0.3 is 10.9 Å². The van der Waals surface area contributed by atoms with Gasteiger partial charge in [-0.1, -0.05) is 24.2 Å². The van der Waals surface area contributed by atoms with Crippen molar-refractivity contribution in [2.24, 2.45) is 0 Å². The maximum Gasteiger partial charge on any atom is 0.306 e. The van der Waals surface area contributed by atoms with Crippen LogP contribution in [0.2, 0.25) is 5.28 Å². The van der Waals surface area contributed by atoms with Gasteiger partial charge in [0.15, 0.2) is 12.1 Å². The van der Waals surface area contributed by atoms with E-state index in [1.807, 2.05) is 0 Å². The zero-order valence-corrected chi connectivity index (χ0v) is 10.2. The molecule has 90 valence electrons. The van der Waals surface area contributed by atoms with Gasteiger partial charge in [0.05, 0.1) is 0 Å². The van der Waals surface area contributed by atoms with Crippen LogP contribution in [-0.4, -0.2) is 21.0 Å². The Morgan fingerprint density at radius 2 is 2.12 bits per heavy atom. The van der Waals surface area contributed by atoms with Gasteiger partial charge in [0.25, 0.3) is 0 Å². The number of aromatic amines is 2. The first-order valence-electron chi connectivity index (χ1n) is 6.02. The largest absolute Gasteiger partial charge is 0.364 e. The Morgan fingerprint density at radius 1 is 1.29 bits per heavy atom. The van der Waals surface area contributed by atoms with Crippen molar-refractivity contribution in [2.75, 3.05) is 5.32 Å². The van der Waals surface area contributed by atoms with Crippen LogP contribution in [0.5, 0.6) is 0 Å². The molecule has 0 aromatic carbocycles. The number of fused-ring (bicyclic) bond motifs is 1. The molecule has 0 atom stereocenters. The zero-order chi connectivity index (χ0) is 11.7. The third kappa shape index (κ3) is 2.20. The Kier molecular flexibility index (Phi) is 2.84. The van der Waals surface area contributed by atoms with Gasteiger partial charge in [-0.15, -0.1) is 0 Å². The van der Waals surface area contributed by atoms with Crippen LogP contribution in [0.3, 0.4) is 0 Å². The summed E-state index contributed by atoms with van der Waals surface area (Å²) in [7, 11) is 0. The lowest BCUT2D eigenvalue weighted by Crippen LogP contribution is -2.23. The SMILES string of the molecule is Clc1nc(NC2CCCCC2)c2[nH]c[nH+]c2n1. The molecule has 1 aliphatic rings. The molecule has 2 aromatic heterocycles. The maximum absolute atomic E-state index is 5.90. The maximum atomic E-state index is 5.90. The molecule has 0 saturated heterocycles. The molecule has 2 aromatic rings. The van der Waals surface area contributed by atoms with Crippen molar-refractivity contribution in [3.63, 3.8) is 0 Å². The number of hydrogen-bond acceptors (Lipinski definition) is 3. The van der Waals surface area contributed by atoms with E-state index < -0.39 is 0 Å². The number of rotatable bonds is 2. The molecule has 1 aliphatic carbocycles. The molecule has 6 heteroatoms. The van der Waals surface area contributed by atoms with Crippen LogP contribution >= 0.6 is 11.6 Å². The first-order valence-corrected chi connectivity index (χ1v) is 6.39. The Balaban J connectivity index is 1.90. The van der Waals surface area contributed by atoms with Crippen LogP contribution in [0.25, 0.3) is 11.2 Å². The average molecular weight is 253 g/mol. The van der Waals surface area contributed by atoms with Crippen molar-refractivity contribution < 1.29 is 4.98 Å². The second kappa shape index (κ2) is 4.49. The molecule has 3 rings (SSSR count). The Bertz CT molecular complexity index is 518. The van der Waals surface area contributed by atoms with Crippen LogP contribution in [0, 0.1) is 0 Å². The van der Waals surface area contributed by atoms with Crippen molar-refractivity contribution >= 4 is 28.6 Å². The monoisotopic (exact) mass is 252 g/mol. The molecular formula is C11H15ClN5+. The van der Waals surface area contributed by atoms with Gasteiger partial charge in [-0.05, 0) is 24.4 Å². The molecular weight excluding hydrogens is 238 g/mol. The zero-order valence-electron chi connectivity index (χ0n) is 9.46. The van der Waals surface area contributed by atoms with Crippen molar-refractivity contribution in [2.45, 2.75) is 38.1 Å². The summed E-state index contributed by atoms with van der Waals surface area (Å²) in [5, 5.41) is 3.73. The number of hydrogen-bond donors (Lipinski definition) is 2. The van der Waals surface area contributed by atoms with E-state index in [1.165, 1.54) is 32.1 Å². The van der Waals surface area contributed by atoms with Gasteiger partial charge in [-0.3, -0.25) is 4.98 Å². The number of nitrogens with one attached hydrogen (secondary N) is 3. The van der Waals surface area contributed by atoms with E-state index >= 15 is 0 Å². The molecule has 0 spiro atoms. The molecule has 0 bridgehead atoms. The van der Waals surface area contributed by atoms with Crippen molar-refractivity contribution in [1.29, 1.82) is 0 Å². The highest BCUT2D eigenvalue weighted by Gasteiger charge is 2.19. The smallest absolute Gasteiger partial charge is 0.306 e. The van der Waals surface area contributed by atoms with Crippen LogP contribution < -0.4 is 10.3 Å². The quantitative estimate of drug-likeness (QED) is 0.805. The number of anilines is 1. The van der Waals surface area contributed by atoms with Crippen LogP contribution in [0.4, 0.5) is 5.82 Å². The summed E-state index contributed by atoms with van der Waals surface area (Å²) in [6, 6.07) is 0.501. The highest BCUT2D eigenvalue weighted by molar-refractivity contribution is 6.28. The highest BCUT2D eigenvalue weighted by Crippen LogP contribution is 2.24. The van der Waals surface area contributed by atoms with Crippen LogP contribution in [-0.2, 0) is 0 Å². The molecule has 2 heterocycles. The fourth-order valence-corrected chi connectivity index (χ4v) is 2.56. The topological polar surface area (TPSA) is 67.7 Å². The molecule has 0 aliphatic heterocycles. The molecule has 17 heavy (non-hydrogen) atoms. The number of aromatic nitrogens is 4. The summed E-state index contributed by atoms with van der Waals surface area (Å²) in [4.78, 5) is 14.5. The van der Waals surface area contributed by atoms with Crippen molar-refractivity contribution in [3.8, 4) is 0 Å². The second-order valence-corrected chi connectivity index (χ2v) is 4.82. The highest BCUT2D eigenvalue weighted by atomic mass is 35.5. The summed E-state index contributed by atoms with van der Waals surface area (Å²) >= 11 is 5.90. The van der Waals surface area contributed by atoms with Crippen LogP contribution in [0.15, 0.2) is 6.33 Å². The fourth-order valence-electron chi connectivity index (χ4n) is 2.40. The first kappa shape index (κ1) is 10.8. The molecule has 0 amide bonds. The predicted molar refractivity (Wildman–Crippen MR) is 66.0 cm³/mol. The summed E-state index contributed by atoms with van der Waals surface area (Å²) in [5.74, 6) is 0.799. The molecule has 0 radical (unpaired) electrons. The predicted octanol–water partition coefficient (Wildman–Crippen LogP) is 2.17. The summed E-state index contributed by atoms with van der Waals surface area (Å²) in [6.45, 7) is 0. The molecule has 3 N–H and O–H groups in total. The molecule has 5 nitrogen and oxygen atoms in total. The third-order valence-electron chi connectivity index (χ3n) is 3.25. The minimum atomic E-state index is 0.270. The molecule has 1 saturated carbocycles. The lowest BCUT2D eigenvalue weighted by molar-refractivity contribution is -0.347. The van der Waals surface area contributed by atoms with E-state index in [0.29, 0.717) is 6.04 Å². The van der Waals surface area contributed by atoms with E-state index in [0.717, 1.165) is 17.0 Å². The van der Waals surface area contributed by atoms with Crippen molar-refractivity contribution in [3.05, 3.63) is 11.6 Å². The van der Waals surface area contributed by atoms with E-state index in [1.54, 1.807) is 6.33 Å². The van der Waals surface area contributed by atoms with Gasteiger partial charge < -0.3 is 5.32 Å². The van der Waals surface area contributed by atoms with Gasteiger partial charge in [-0.25, -0.2) is 4.98 Å². The van der Waals surface area contributed by atoms with Crippen LogP contribution in [0.1, 0.15) is 32.1 Å². The van der Waals surface area contributed by atoms with Gasteiger partial charge in [-0.2, -0.15) is 4.98 Å². The standard InChI is InChI=1S/C11H14ClN5/c12-11-16-9-8(13-6-14-9)10(17-11)15-7-4-2-1-3-5-7/h6-7H,1-5H2,(H2,13,14,15,16,17)/p+1. The number of H-pyrrole nitrogens is 2. The number of nitrogens with zero attached hydrogens (tertiary/aromatic N) is 2. The van der Waals surface area contributed by atoms with E-state index in [-0.39, 0.29) is 5.28 Å². The minimum Gasteiger partial charge on any atom is -0.364 e. The summed E-state index contributed by atoms with van der Waals surface area (Å²) in [6.07, 6.45) is 8.06. The normalized spacial score (nSPS) is 17.5. The van der Waals surface area contributed by atoms with Gasteiger partial charge in [0, 0.05) is 6.04 Å². The first-order chi connectivity index (χ1) is 8.33. The number of imidazole rings is 1. The molecule has 0 unspecified atom stereocenters. The Labute approximate surface area is 104 Å². The average Bonchev–Trinajstić information content (AvgIpc) is 2.78. The van der Waals surface area contributed by atoms with Gasteiger partial charge in [0.1, 0.15) is 0 Å². The van der Waals surface area contributed by atoms with E-state index in [4.69, 9.17) is 11.6 Å². The molecule has 1 fully saturated rings. The van der Waals surface area contributed by atoms with Gasteiger partial charge in [0.2, 0.25) is 5.52 Å². The van der Waals surface area contributed by atoms with E-state index in [2.05, 4.69) is 25.3 Å². The van der Waals surface area contributed by atoms with Crippen molar-refractivity contribution in [1.82, 2.24) is 15.0 Å². The second-order valence-electron chi connectivity index (χ2n) is 4.48. The minimum absolute atomic E-state index is 0.270. The Hall–Kier alpha value is -1.36. The summed E-state index contributed by atoms with van der Waals surface area (Å²) in [5.41, 5.74) is 1.63. The lowest BCUT2D eigenvalue weighted by atomic mass is 9.95.